The molecule has 82 valence electrons. The summed E-state index contributed by atoms with van der Waals surface area (Å²) in [6.45, 7) is 2.33. The number of rotatable bonds is 3. The van der Waals surface area contributed by atoms with Crippen molar-refractivity contribution in [2.45, 2.75) is 13.5 Å². The van der Waals surface area contributed by atoms with Gasteiger partial charge < -0.3 is 0 Å². The van der Waals surface area contributed by atoms with Crippen molar-refractivity contribution in [3.8, 4) is 0 Å². The standard InChI is InChI=1S/C11H10ClN3O/c1-8-11(7-16)13-14-15(8)6-9-4-2-3-5-10(9)12/h2-5,7H,6H2,1H3. The van der Waals surface area contributed by atoms with Crippen LogP contribution in [-0.2, 0) is 6.54 Å². The van der Waals surface area contributed by atoms with Crippen molar-refractivity contribution in [1.82, 2.24) is 15.0 Å². The fourth-order valence-corrected chi connectivity index (χ4v) is 1.62. The second kappa shape index (κ2) is 4.45. The quantitative estimate of drug-likeness (QED) is 0.766. The molecule has 0 aliphatic heterocycles. The molecule has 1 aromatic carbocycles. The fraction of sp³-hybridized carbons (Fsp3) is 0.182. The van der Waals surface area contributed by atoms with Gasteiger partial charge in [-0.05, 0) is 18.6 Å². The molecule has 0 aliphatic rings. The summed E-state index contributed by atoms with van der Waals surface area (Å²) < 4.78 is 1.66. The number of carbonyl (C=O) groups is 1. The van der Waals surface area contributed by atoms with E-state index in [0.29, 0.717) is 23.5 Å². The van der Waals surface area contributed by atoms with Crippen LogP contribution in [-0.4, -0.2) is 21.3 Å². The van der Waals surface area contributed by atoms with Gasteiger partial charge in [-0.1, -0.05) is 35.0 Å². The van der Waals surface area contributed by atoms with Gasteiger partial charge in [0, 0.05) is 5.02 Å². The molecule has 0 fully saturated rings. The normalized spacial score (nSPS) is 10.4. The average molecular weight is 236 g/mol. The van der Waals surface area contributed by atoms with Crippen molar-refractivity contribution in [2.75, 3.05) is 0 Å². The van der Waals surface area contributed by atoms with Crippen LogP contribution in [0.5, 0.6) is 0 Å². The minimum atomic E-state index is 0.368. The molecule has 5 heteroatoms. The summed E-state index contributed by atoms with van der Waals surface area (Å²) >= 11 is 6.04. The van der Waals surface area contributed by atoms with Crippen molar-refractivity contribution < 1.29 is 4.79 Å². The minimum Gasteiger partial charge on any atom is -0.296 e. The van der Waals surface area contributed by atoms with Crippen LogP contribution in [0, 0.1) is 6.92 Å². The number of hydrogen-bond acceptors (Lipinski definition) is 3. The van der Waals surface area contributed by atoms with Crippen LogP contribution in [0.15, 0.2) is 24.3 Å². The molecule has 0 saturated carbocycles. The molecular weight excluding hydrogens is 226 g/mol. The predicted molar refractivity (Wildman–Crippen MR) is 60.7 cm³/mol. The van der Waals surface area contributed by atoms with E-state index in [4.69, 9.17) is 11.6 Å². The second-order valence-electron chi connectivity index (χ2n) is 3.43. The Kier molecular flexibility index (Phi) is 3.01. The summed E-state index contributed by atoms with van der Waals surface area (Å²) in [6, 6.07) is 7.53. The molecule has 0 atom stereocenters. The first-order chi connectivity index (χ1) is 7.72. The van der Waals surface area contributed by atoms with Crippen LogP contribution in [0.25, 0.3) is 0 Å². The summed E-state index contributed by atoms with van der Waals surface area (Å²) in [6.07, 6.45) is 0.700. The van der Waals surface area contributed by atoms with E-state index in [1.807, 2.05) is 24.3 Å². The third kappa shape index (κ3) is 1.97. The van der Waals surface area contributed by atoms with Crippen molar-refractivity contribution in [3.05, 3.63) is 46.2 Å². The number of hydrogen-bond donors (Lipinski definition) is 0. The predicted octanol–water partition coefficient (Wildman–Crippen LogP) is 2.10. The van der Waals surface area contributed by atoms with E-state index in [-0.39, 0.29) is 0 Å². The first-order valence-corrected chi connectivity index (χ1v) is 5.19. The van der Waals surface area contributed by atoms with E-state index in [1.165, 1.54) is 0 Å². The minimum absolute atomic E-state index is 0.368. The Morgan fingerprint density at radius 2 is 2.19 bits per heavy atom. The SMILES string of the molecule is Cc1c(C=O)nnn1Cc1ccccc1Cl. The fourth-order valence-electron chi connectivity index (χ4n) is 1.42. The number of carbonyl (C=O) groups excluding carboxylic acids is 1. The summed E-state index contributed by atoms with van der Waals surface area (Å²) in [5.74, 6) is 0. The molecule has 2 aromatic rings. The van der Waals surface area contributed by atoms with E-state index in [1.54, 1.807) is 11.6 Å². The third-order valence-electron chi connectivity index (χ3n) is 2.41. The Labute approximate surface area is 97.8 Å². The molecule has 1 heterocycles. The van der Waals surface area contributed by atoms with Gasteiger partial charge in [0.1, 0.15) is 5.69 Å². The monoisotopic (exact) mass is 235 g/mol. The third-order valence-corrected chi connectivity index (χ3v) is 2.78. The molecule has 0 aliphatic carbocycles. The molecule has 0 radical (unpaired) electrons. The zero-order chi connectivity index (χ0) is 11.5. The molecule has 1 aromatic heterocycles. The summed E-state index contributed by atoms with van der Waals surface area (Å²) in [5, 5.41) is 8.35. The Balaban J connectivity index is 2.31. The molecule has 4 nitrogen and oxygen atoms in total. The zero-order valence-electron chi connectivity index (χ0n) is 8.72. The van der Waals surface area contributed by atoms with Gasteiger partial charge in [-0.15, -0.1) is 5.10 Å². The van der Waals surface area contributed by atoms with Crippen LogP contribution in [0.4, 0.5) is 0 Å². The van der Waals surface area contributed by atoms with E-state index in [9.17, 15) is 4.79 Å². The molecule has 0 bridgehead atoms. The summed E-state index contributed by atoms with van der Waals surface area (Å²) in [5.41, 5.74) is 2.07. The van der Waals surface area contributed by atoms with Gasteiger partial charge in [0.05, 0.1) is 12.2 Å². The van der Waals surface area contributed by atoms with Crippen LogP contribution in [0.3, 0.4) is 0 Å². The topological polar surface area (TPSA) is 47.8 Å². The summed E-state index contributed by atoms with van der Waals surface area (Å²) in [4.78, 5) is 10.6. The lowest BCUT2D eigenvalue weighted by molar-refractivity contribution is 0.111. The maximum absolute atomic E-state index is 10.6. The van der Waals surface area contributed by atoms with Crippen molar-refractivity contribution in [3.63, 3.8) is 0 Å². The number of aromatic nitrogens is 3. The van der Waals surface area contributed by atoms with Crippen LogP contribution in [0.2, 0.25) is 5.02 Å². The number of aldehydes is 1. The lowest BCUT2D eigenvalue weighted by Gasteiger charge is -2.05. The van der Waals surface area contributed by atoms with Crippen LogP contribution in [0.1, 0.15) is 21.7 Å². The first-order valence-electron chi connectivity index (χ1n) is 4.81. The maximum Gasteiger partial charge on any atom is 0.172 e. The Morgan fingerprint density at radius 3 is 2.81 bits per heavy atom. The van der Waals surface area contributed by atoms with Crippen molar-refractivity contribution in [2.24, 2.45) is 0 Å². The van der Waals surface area contributed by atoms with Crippen molar-refractivity contribution in [1.29, 1.82) is 0 Å². The largest absolute Gasteiger partial charge is 0.296 e. The van der Waals surface area contributed by atoms with Gasteiger partial charge in [-0.2, -0.15) is 0 Å². The molecule has 0 N–H and O–H groups in total. The maximum atomic E-state index is 10.6. The molecule has 0 unspecified atom stereocenters. The molecule has 16 heavy (non-hydrogen) atoms. The molecule has 0 saturated heterocycles. The highest BCUT2D eigenvalue weighted by atomic mass is 35.5. The Bertz CT molecular complexity index is 522. The number of halogens is 1. The lowest BCUT2D eigenvalue weighted by atomic mass is 10.2. The summed E-state index contributed by atoms with van der Waals surface area (Å²) in [7, 11) is 0. The highest BCUT2D eigenvalue weighted by Gasteiger charge is 2.08. The smallest absolute Gasteiger partial charge is 0.172 e. The Hall–Kier alpha value is -1.68. The molecular formula is C11H10ClN3O. The van der Waals surface area contributed by atoms with Gasteiger partial charge in [0.2, 0.25) is 0 Å². The van der Waals surface area contributed by atoms with E-state index in [0.717, 1.165) is 11.3 Å². The van der Waals surface area contributed by atoms with Gasteiger partial charge in [0.25, 0.3) is 0 Å². The highest BCUT2D eigenvalue weighted by Crippen LogP contribution is 2.16. The Morgan fingerprint density at radius 1 is 1.44 bits per heavy atom. The van der Waals surface area contributed by atoms with Crippen LogP contribution >= 0.6 is 11.6 Å². The average Bonchev–Trinajstić information content (AvgIpc) is 2.63. The van der Waals surface area contributed by atoms with Crippen molar-refractivity contribution >= 4 is 17.9 Å². The molecule has 2 rings (SSSR count). The zero-order valence-corrected chi connectivity index (χ0v) is 9.48. The van der Waals surface area contributed by atoms with E-state index < -0.39 is 0 Å². The van der Waals surface area contributed by atoms with Crippen LogP contribution < -0.4 is 0 Å². The highest BCUT2D eigenvalue weighted by molar-refractivity contribution is 6.31. The second-order valence-corrected chi connectivity index (χ2v) is 3.83. The van der Waals surface area contributed by atoms with Gasteiger partial charge in [0.15, 0.2) is 6.29 Å². The van der Waals surface area contributed by atoms with E-state index in [2.05, 4.69) is 10.3 Å². The molecule has 0 spiro atoms. The number of benzene rings is 1. The first kappa shape index (κ1) is 10.8. The molecule has 0 amide bonds. The lowest BCUT2D eigenvalue weighted by Crippen LogP contribution is -2.04. The van der Waals surface area contributed by atoms with E-state index >= 15 is 0 Å². The number of nitrogens with zero attached hydrogens (tertiary/aromatic N) is 3. The van der Waals surface area contributed by atoms with Gasteiger partial charge >= 0.3 is 0 Å². The van der Waals surface area contributed by atoms with Gasteiger partial charge in [-0.25, -0.2) is 4.68 Å². The van der Waals surface area contributed by atoms with Gasteiger partial charge in [-0.3, -0.25) is 4.79 Å².